The molecule has 1 atom stereocenters. The van der Waals surface area contributed by atoms with E-state index in [1.54, 1.807) is 11.8 Å². The van der Waals surface area contributed by atoms with Crippen LogP contribution in [-0.4, -0.2) is 53.3 Å². The number of anilines is 1. The topological polar surface area (TPSA) is 69.8 Å². The van der Waals surface area contributed by atoms with E-state index in [0.717, 1.165) is 0 Å². The second-order valence-corrected chi connectivity index (χ2v) is 5.62. The van der Waals surface area contributed by atoms with Gasteiger partial charge in [0.1, 0.15) is 5.69 Å². The van der Waals surface area contributed by atoms with E-state index in [-0.39, 0.29) is 38.0 Å². The highest BCUT2D eigenvalue weighted by molar-refractivity contribution is 5.65. The summed E-state index contributed by atoms with van der Waals surface area (Å²) in [6.45, 7) is 1.11. The summed E-state index contributed by atoms with van der Waals surface area (Å²) in [7, 11) is 0. The van der Waals surface area contributed by atoms with Gasteiger partial charge in [-0.3, -0.25) is 15.0 Å². The summed E-state index contributed by atoms with van der Waals surface area (Å²) in [6, 6.07) is 3.91. The van der Waals surface area contributed by atoms with Crippen molar-refractivity contribution in [1.82, 2.24) is 4.90 Å². The van der Waals surface area contributed by atoms with Gasteiger partial charge in [-0.2, -0.15) is 13.2 Å². The lowest BCUT2D eigenvalue weighted by atomic mass is 10.1. The van der Waals surface area contributed by atoms with E-state index in [4.69, 9.17) is 0 Å². The molecular formula is C14H18F3N3O3. The minimum Gasteiger partial charge on any atom is -0.392 e. The fourth-order valence-corrected chi connectivity index (χ4v) is 2.75. The number of nitro groups is 1. The Morgan fingerprint density at radius 2 is 2.09 bits per heavy atom. The Kier molecular flexibility index (Phi) is 5.10. The quantitative estimate of drug-likeness (QED) is 0.675. The number of nitrogens with zero attached hydrogens (tertiary/aromatic N) is 3. The molecule has 1 aromatic carbocycles. The van der Waals surface area contributed by atoms with Gasteiger partial charge in [-0.25, -0.2) is 0 Å². The molecule has 0 radical (unpaired) electrons. The van der Waals surface area contributed by atoms with Crippen molar-refractivity contribution in [1.29, 1.82) is 0 Å². The van der Waals surface area contributed by atoms with Crippen LogP contribution < -0.4 is 4.90 Å². The highest BCUT2D eigenvalue weighted by atomic mass is 19.4. The number of alkyl halides is 3. The van der Waals surface area contributed by atoms with E-state index in [1.165, 1.54) is 23.1 Å². The van der Waals surface area contributed by atoms with E-state index in [2.05, 4.69) is 0 Å². The molecule has 0 aliphatic carbocycles. The molecule has 2 rings (SSSR count). The fourth-order valence-electron chi connectivity index (χ4n) is 2.75. The first-order chi connectivity index (χ1) is 10.7. The average Bonchev–Trinajstić information content (AvgIpc) is 2.47. The minimum absolute atomic E-state index is 0.112. The average molecular weight is 333 g/mol. The Morgan fingerprint density at radius 1 is 1.39 bits per heavy atom. The number of aliphatic hydroxyl groups excluding tert-OH is 1. The molecule has 1 saturated heterocycles. The molecule has 1 N–H and O–H groups in total. The van der Waals surface area contributed by atoms with Gasteiger partial charge in [0.25, 0.3) is 5.69 Å². The highest BCUT2D eigenvalue weighted by Crippen LogP contribution is 2.31. The second kappa shape index (κ2) is 6.71. The number of benzene rings is 1. The monoisotopic (exact) mass is 333 g/mol. The predicted molar refractivity (Wildman–Crippen MR) is 78.3 cm³/mol. The van der Waals surface area contributed by atoms with Crippen molar-refractivity contribution >= 4 is 11.4 Å². The van der Waals surface area contributed by atoms with Crippen LogP contribution in [0.15, 0.2) is 18.2 Å². The lowest BCUT2D eigenvalue weighted by Gasteiger charge is -2.41. The summed E-state index contributed by atoms with van der Waals surface area (Å²) in [5.74, 6) is 0. The Bertz CT molecular complexity index is 580. The maximum atomic E-state index is 12.5. The van der Waals surface area contributed by atoms with Gasteiger partial charge < -0.3 is 10.0 Å². The molecule has 1 aliphatic heterocycles. The third-order valence-corrected chi connectivity index (χ3v) is 3.91. The van der Waals surface area contributed by atoms with Gasteiger partial charge in [0.15, 0.2) is 0 Å². The summed E-state index contributed by atoms with van der Waals surface area (Å²) < 4.78 is 37.6. The Morgan fingerprint density at radius 3 is 2.61 bits per heavy atom. The molecular weight excluding hydrogens is 315 g/mol. The number of aliphatic hydroxyl groups is 1. The molecule has 0 saturated carbocycles. The lowest BCUT2D eigenvalue weighted by molar-refractivity contribution is -0.384. The standard InChI is InChI=1S/C14H18F3N3O3/c1-10-7-18(4-5-19(10)9-14(15,16)17)13-6-11(8-21)2-3-12(13)20(22)23/h2-3,6,10,21H,4-5,7-9H2,1H3. The first-order valence-electron chi connectivity index (χ1n) is 7.15. The number of hydrogen-bond donors (Lipinski definition) is 1. The van der Waals surface area contributed by atoms with E-state index in [0.29, 0.717) is 11.3 Å². The van der Waals surface area contributed by atoms with Gasteiger partial charge in [0.05, 0.1) is 18.1 Å². The van der Waals surface area contributed by atoms with Crippen molar-refractivity contribution < 1.29 is 23.2 Å². The van der Waals surface area contributed by atoms with Crippen LogP contribution in [0, 0.1) is 10.1 Å². The zero-order valence-corrected chi connectivity index (χ0v) is 12.6. The van der Waals surface area contributed by atoms with Crippen LogP contribution >= 0.6 is 0 Å². The second-order valence-electron chi connectivity index (χ2n) is 5.62. The number of nitro benzene ring substituents is 1. The zero-order chi connectivity index (χ0) is 17.2. The SMILES string of the molecule is CC1CN(c2cc(CO)ccc2[N+](=O)[O-])CCN1CC(F)(F)F. The van der Waals surface area contributed by atoms with Crippen LogP contribution in [0.3, 0.4) is 0 Å². The first-order valence-corrected chi connectivity index (χ1v) is 7.15. The van der Waals surface area contributed by atoms with Crippen molar-refractivity contribution in [3.63, 3.8) is 0 Å². The Hall–Kier alpha value is -1.87. The van der Waals surface area contributed by atoms with Gasteiger partial charge in [-0.15, -0.1) is 0 Å². The molecule has 1 heterocycles. The van der Waals surface area contributed by atoms with Crippen molar-refractivity contribution in [3.05, 3.63) is 33.9 Å². The third kappa shape index (κ3) is 4.32. The number of piperazine rings is 1. The Balaban J connectivity index is 2.19. The maximum Gasteiger partial charge on any atom is 0.401 e. The van der Waals surface area contributed by atoms with Crippen LogP contribution in [0.25, 0.3) is 0 Å². The van der Waals surface area contributed by atoms with Crippen LogP contribution in [0.5, 0.6) is 0 Å². The third-order valence-electron chi connectivity index (χ3n) is 3.91. The molecule has 1 unspecified atom stereocenters. The van der Waals surface area contributed by atoms with Gasteiger partial charge >= 0.3 is 6.18 Å². The van der Waals surface area contributed by atoms with E-state index in [9.17, 15) is 28.4 Å². The number of rotatable bonds is 4. The lowest BCUT2D eigenvalue weighted by Crippen LogP contribution is -2.54. The Labute approximate surface area is 131 Å². The molecule has 0 aromatic heterocycles. The van der Waals surface area contributed by atoms with Crippen LogP contribution in [0.1, 0.15) is 12.5 Å². The van der Waals surface area contributed by atoms with Crippen molar-refractivity contribution in [2.24, 2.45) is 0 Å². The van der Waals surface area contributed by atoms with Crippen molar-refractivity contribution in [2.75, 3.05) is 31.1 Å². The fraction of sp³-hybridized carbons (Fsp3) is 0.571. The number of hydrogen-bond acceptors (Lipinski definition) is 5. The molecule has 0 spiro atoms. The molecule has 6 nitrogen and oxygen atoms in total. The summed E-state index contributed by atoms with van der Waals surface area (Å²) in [5.41, 5.74) is 0.745. The summed E-state index contributed by atoms with van der Waals surface area (Å²) in [4.78, 5) is 13.7. The molecule has 9 heteroatoms. The molecule has 1 fully saturated rings. The molecule has 23 heavy (non-hydrogen) atoms. The van der Waals surface area contributed by atoms with E-state index in [1.807, 2.05) is 0 Å². The van der Waals surface area contributed by atoms with Crippen molar-refractivity contribution in [2.45, 2.75) is 25.7 Å². The molecule has 0 amide bonds. The summed E-state index contributed by atoms with van der Waals surface area (Å²) in [6.07, 6.45) is -4.26. The maximum absolute atomic E-state index is 12.5. The molecule has 1 aliphatic rings. The molecule has 0 bridgehead atoms. The van der Waals surface area contributed by atoms with Gasteiger partial charge in [-0.1, -0.05) is 0 Å². The van der Waals surface area contributed by atoms with Gasteiger partial charge in [0.2, 0.25) is 0 Å². The smallest absolute Gasteiger partial charge is 0.392 e. The first kappa shape index (κ1) is 17.5. The minimum atomic E-state index is -4.26. The number of halogens is 3. The predicted octanol–water partition coefficient (Wildman–Crippen LogP) is 2.16. The van der Waals surface area contributed by atoms with Crippen LogP contribution in [-0.2, 0) is 6.61 Å². The van der Waals surface area contributed by atoms with Gasteiger partial charge in [0, 0.05) is 31.7 Å². The van der Waals surface area contributed by atoms with Crippen molar-refractivity contribution in [3.8, 4) is 0 Å². The normalized spacial score (nSPS) is 19.9. The summed E-state index contributed by atoms with van der Waals surface area (Å²) in [5, 5.41) is 20.3. The van der Waals surface area contributed by atoms with Gasteiger partial charge in [-0.05, 0) is 24.6 Å². The zero-order valence-electron chi connectivity index (χ0n) is 12.6. The van der Waals surface area contributed by atoms with E-state index < -0.39 is 17.6 Å². The molecule has 1 aromatic rings. The highest BCUT2D eigenvalue weighted by Gasteiger charge is 2.36. The van der Waals surface area contributed by atoms with E-state index >= 15 is 0 Å². The van der Waals surface area contributed by atoms with Crippen LogP contribution in [0.4, 0.5) is 24.5 Å². The van der Waals surface area contributed by atoms with Crippen LogP contribution in [0.2, 0.25) is 0 Å². The molecule has 128 valence electrons. The summed E-state index contributed by atoms with van der Waals surface area (Å²) >= 11 is 0. The largest absolute Gasteiger partial charge is 0.401 e.